The van der Waals surface area contributed by atoms with E-state index in [4.69, 9.17) is 27.9 Å². The molecule has 2 aromatic carbocycles. The Labute approximate surface area is 174 Å². The smallest absolute Gasteiger partial charge is 0.264 e. The molecule has 2 aromatic heterocycles. The zero-order valence-corrected chi connectivity index (χ0v) is 16.6. The molecule has 0 bridgehead atoms. The van der Waals surface area contributed by atoms with Crippen molar-refractivity contribution in [2.75, 3.05) is 11.9 Å². The van der Waals surface area contributed by atoms with Crippen LogP contribution in [-0.4, -0.2) is 27.7 Å². The van der Waals surface area contributed by atoms with Crippen molar-refractivity contribution in [2.24, 2.45) is 0 Å². The molecule has 0 saturated heterocycles. The minimum atomic E-state index is -0.360. The first-order chi connectivity index (χ1) is 13.6. The van der Waals surface area contributed by atoms with Crippen molar-refractivity contribution in [1.82, 2.24) is 15.2 Å². The molecule has 0 aliphatic carbocycles. The van der Waals surface area contributed by atoms with Crippen LogP contribution in [0.4, 0.5) is 5.13 Å². The van der Waals surface area contributed by atoms with Crippen molar-refractivity contribution in [3.63, 3.8) is 0 Å². The number of pyridine rings is 1. The van der Waals surface area contributed by atoms with E-state index in [9.17, 15) is 4.79 Å². The van der Waals surface area contributed by atoms with Crippen molar-refractivity contribution >= 4 is 56.5 Å². The Bertz CT molecular complexity index is 1170. The van der Waals surface area contributed by atoms with Gasteiger partial charge >= 0.3 is 0 Å². The third-order valence-electron chi connectivity index (χ3n) is 3.81. The lowest BCUT2D eigenvalue weighted by Gasteiger charge is -2.09. The fraction of sp³-hybridized carbons (Fsp3) is 0.0526. The second-order valence-corrected chi connectivity index (χ2v) is 7.47. The summed E-state index contributed by atoms with van der Waals surface area (Å²) in [6, 6.07) is 14.3. The Kier molecular flexibility index (Phi) is 5.38. The number of fused-ring (bicyclic) bond motifs is 1. The van der Waals surface area contributed by atoms with Crippen molar-refractivity contribution in [1.29, 1.82) is 0 Å². The Morgan fingerprint density at radius 3 is 2.75 bits per heavy atom. The number of aromatic nitrogens is 3. The molecule has 0 fully saturated rings. The maximum absolute atomic E-state index is 12.2. The van der Waals surface area contributed by atoms with Crippen molar-refractivity contribution < 1.29 is 9.53 Å². The van der Waals surface area contributed by atoms with Crippen LogP contribution in [0, 0.1) is 0 Å². The van der Waals surface area contributed by atoms with Gasteiger partial charge in [-0.15, -0.1) is 10.2 Å². The average molecular weight is 431 g/mol. The van der Waals surface area contributed by atoms with E-state index >= 15 is 0 Å². The normalized spacial score (nSPS) is 10.8. The lowest BCUT2D eigenvalue weighted by atomic mass is 10.2. The predicted octanol–water partition coefficient (Wildman–Crippen LogP) is 5.08. The van der Waals surface area contributed by atoms with E-state index < -0.39 is 0 Å². The third kappa shape index (κ3) is 3.91. The average Bonchev–Trinajstić information content (AvgIpc) is 3.16. The van der Waals surface area contributed by atoms with Crippen LogP contribution >= 0.6 is 34.5 Å². The van der Waals surface area contributed by atoms with Gasteiger partial charge in [-0.05, 0) is 30.3 Å². The van der Waals surface area contributed by atoms with Crippen LogP contribution in [0.25, 0.3) is 21.5 Å². The van der Waals surface area contributed by atoms with Gasteiger partial charge in [0.2, 0.25) is 5.13 Å². The van der Waals surface area contributed by atoms with Gasteiger partial charge < -0.3 is 4.74 Å². The Morgan fingerprint density at radius 2 is 1.89 bits per heavy atom. The zero-order valence-electron chi connectivity index (χ0n) is 14.2. The van der Waals surface area contributed by atoms with Crippen LogP contribution in [0.15, 0.2) is 54.7 Å². The number of carbonyl (C=O) groups is 1. The Hall–Kier alpha value is -2.74. The Morgan fingerprint density at radius 1 is 1.04 bits per heavy atom. The lowest BCUT2D eigenvalue weighted by Crippen LogP contribution is -2.20. The number of carbonyl (C=O) groups excluding carboxylic acids is 1. The van der Waals surface area contributed by atoms with Gasteiger partial charge in [0.25, 0.3) is 5.91 Å². The van der Waals surface area contributed by atoms with Gasteiger partial charge in [0.1, 0.15) is 11.3 Å². The fourth-order valence-electron chi connectivity index (χ4n) is 2.54. The van der Waals surface area contributed by atoms with Crippen LogP contribution in [0.3, 0.4) is 0 Å². The summed E-state index contributed by atoms with van der Waals surface area (Å²) >= 11 is 13.6. The van der Waals surface area contributed by atoms with Gasteiger partial charge in [0, 0.05) is 17.1 Å². The van der Waals surface area contributed by atoms with E-state index in [0.29, 0.717) is 31.5 Å². The molecule has 4 aromatic rings. The number of ether oxygens (including phenoxy) is 1. The SMILES string of the molecule is O=C(COc1ccc(Cl)c2cccnc12)Nc1nnc(-c2ccccc2Cl)s1. The van der Waals surface area contributed by atoms with Gasteiger partial charge in [-0.1, -0.05) is 52.7 Å². The number of benzene rings is 2. The van der Waals surface area contributed by atoms with Crippen molar-refractivity contribution in [3.8, 4) is 16.3 Å². The largest absolute Gasteiger partial charge is 0.481 e. The highest BCUT2D eigenvalue weighted by Crippen LogP contribution is 2.32. The monoisotopic (exact) mass is 430 g/mol. The molecular formula is C19H12Cl2N4O2S. The van der Waals surface area contributed by atoms with Gasteiger partial charge in [-0.2, -0.15) is 0 Å². The maximum atomic E-state index is 12.2. The number of hydrogen-bond acceptors (Lipinski definition) is 6. The third-order valence-corrected chi connectivity index (χ3v) is 5.34. The minimum Gasteiger partial charge on any atom is -0.481 e. The summed E-state index contributed by atoms with van der Waals surface area (Å²) in [5, 5.41) is 13.6. The molecule has 0 spiro atoms. The molecule has 0 aliphatic rings. The second kappa shape index (κ2) is 8.10. The highest BCUT2D eigenvalue weighted by molar-refractivity contribution is 7.18. The summed E-state index contributed by atoms with van der Waals surface area (Å²) < 4.78 is 5.62. The number of nitrogens with one attached hydrogen (secondary N) is 1. The van der Waals surface area contributed by atoms with Gasteiger partial charge in [0.15, 0.2) is 11.6 Å². The molecule has 0 unspecified atom stereocenters. The molecule has 0 atom stereocenters. The summed E-state index contributed by atoms with van der Waals surface area (Å²) in [6.07, 6.45) is 1.64. The summed E-state index contributed by atoms with van der Waals surface area (Å²) in [4.78, 5) is 16.5. The van der Waals surface area contributed by atoms with Crippen LogP contribution < -0.4 is 10.1 Å². The van der Waals surface area contributed by atoms with Crippen molar-refractivity contribution in [3.05, 3.63) is 64.8 Å². The van der Waals surface area contributed by atoms with Crippen molar-refractivity contribution in [2.45, 2.75) is 0 Å². The van der Waals surface area contributed by atoms with E-state index in [0.717, 1.165) is 10.9 Å². The summed E-state index contributed by atoms with van der Waals surface area (Å²) in [5.74, 6) is 0.116. The molecule has 1 N–H and O–H groups in total. The van der Waals surface area contributed by atoms with Crippen LogP contribution in [0.5, 0.6) is 5.75 Å². The number of anilines is 1. The first kappa shape index (κ1) is 18.6. The molecule has 9 heteroatoms. The van der Waals surface area contributed by atoms with E-state index in [-0.39, 0.29) is 12.5 Å². The fourth-order valence-corrected chi connectivity index (χ4v) is 3.84. The molecular weight excluding hydrogens is 419 g/mol. The molecule has 2 heterocycles. The number of hydrogen-bond donors (Lipinski definition) is 1. The number of rotatable bonds is 5. The molecule has 6 nitrogen and oxygen atoms in total. The standard InChI is InChI=1S/C19H12Cl2N4O2S/c20-13-6-2-1-4-12(13)18-24-25-19(28-18)23-16(26)10-27-15-8-7-14(21)11-5-3-9-22-17(11)15/h1-9H,10H2,(H,23,25,26). The quantitative estimate of drug-likeness (QED) is 0.477. The number of halogens is 2. The Balaban J connectivity index is 1.44. The highest BCUT2D eigenvalue weighted by Gasteiger charge is 2.13. The zero-order chi connectivity index (χ0) is 19.5. The topological polar surface area (TPSA) is 77.0 Å². The first-order valence-corrected chi connectivity index (χ1v) is 9.73. The van der Waals surface area contributed by atoms with E-state index in [1.54, 1.807) is 30.5 Å². The number of nitrogens with zero attached hydrogens (tertiary/aromatic N) is 3. The van der Waals surface area contributed by atoms with Gasteiger partial charge in [0.05, 0.1) is 10.0 Å². The van der Waals surface area contributed by atoms with E-state index in [1.807, 2.05) is 24.3 Å². The first-order valence-electron chi connectivity index (χ1n) is 8.16. The van der Waals surface area contributed by atoms with Crippen LogP contribution in [0.1, 0.15) is 0 Å². The molecule has 0 aliphatic heterocycles. The molecule has 4 rings (SSSR count). The predicted molar refractivity (Wildman–Crippen MR) is 111 cm³/mol. The highest BCUT2D eigenvalue weighted by atomic mass is 35.5. The van der Waals surface area contributed by atoms with Crippen LogP contribution in [-0.2, 0) is 4.79 Å². The van der Waals surface area contributed by atoms with E-state index in [2.05, 4.69) is 20.5 Å². The molecule has 28 heavy (non-hydrogen) atoms. The number of amides is 1. The van der Waals surface area contributed by atoms with E-state index in [1.165, 1.54) is 11.3 Å². The van der Waals surface area contributed by atoms with Gasteiger partial charge in [-0.25, -0.2) is 0 Å². The van der Waals surface area contributed by atoms with Crippen LogP contribution in [0.2, 0.25) is 10.0 Å². The second-order valence-electron chi connectivity index (χ2n) is 5.67. The lowest BCUT2D eigenvalue weighted by molar-refractivity contribution is -0.118. The summed E-state index contributed by atoms with van der Waals surface area (Å²) in [6.45, 7) is -0.200. The molecule has 0 saturated carbocycles. The summed E-state index contributed by atoms with van der Waals surface area (Å²) in [7, 11) is 0. The summed E-state index contributed by atoms with van der Waals surface area (Å²) in [5.41, 5.74) is 1.36. The molecule has 1 amide bonds. The molecule has 0 radical (unpaired) electrons. The minimum absolute atomic E-state index is 0.200. The van der Waals surface area contributed by atoms with Gasteiger partial charge in [-0.3, -0.25) is 15.1 Å². The maximum Gasteiger partial charge on any atom is 0.264 e. The molecule has 140 valence electrons.